The van der Waals surface area contributed by atoms with Crippen LogP contribution in [0.5, 0.6) is 0 Å². The fraction of sp³-hybridized carbons (Fsp3) is 0.469. The number of amides is 1. The molecule has 5 rings (SSSR count). The summed E-state index contributed by atoms with van der Waals surface area (Å²) in [6.07, 6.45) is 11.5. The highest BCUT2D eigenvalue weighted by Gasteiger charge is 2.52. The van der Waals surface area contributed by atoms with Crippen LogP contribution in [0.4, 0.5) is 5.82 Å². The number of quaternary nitrogens is 1. The van der Waals surface area contributed by atoms with E-state index in [9.17, 15) is 10.0 Å². The number of hydrogen-bond donors (Lipinski definition) is 3. The van der Waals surface area contributed by atoms with Gasteiger partial charge in [-0.1, -0.05) is 42.0 Å². The molecule has 2 aromatic rings. The van der Waals surface area contributed by atoms with Crippen molar-refractivity contribution < 1.29 is 9.86 Å². The number of allylic oxidation sites excluding steroid dienone is 3. The monoisotopic (exact) mass is 527 g/mol. The molecular formula is C32H41N5O2. The molecular weight excluding hydrogens is 486 g/mol. The van der Waals surface area contributed by atoms with Gasteiger partial charge in [0.25, 0.3) is 0 Å². The third-order valence-electron chi connectivity index (χ3n) is 8.85. The van der Waals surface area contributed by atoms with E-state index in [0.717, 1.165) is 48.7 Å². The number of nitrogens with zero attached hydrogens (tertiary/aromatic N) is 2. The van der Waals surface area contributed by atoms with Crippen LogP contribution in [0.15, 0.2) is 65.9 Å². The summed E-state index contributed by atoms with van der Waals surface area (Å²) in [6, 6.07) is 12.7. The maximum atomic E-state index is 13.0. The molecule has 7 nitrogen and oxygen atoms in total. The molecule has 206 valence electrons. The SMILES string of the molecule is C/C=C1/CC2(C/C1=C/C(=N)C[NH+]([O-])CCN1CCC(CCc3ccc(C)cc3)CC1)C(=O)Nc1ncccc12. The third kappa shape index (κ3) is 6.21. The molecule has 3 aliphatic rings. The number of fused-ring (bicyclic) bond motifs is 2. The van der Waals surface area contributed by atoms with Gasteiger partial charge < -0.3 is 15.6 Å². The molecule has 1 spiro atoms. The number of piperidine rings is 1. The first-order valence-corrected chi connectivity index (χ1v) is 14.4. The summed E-state index contributed by atoms with van der Waals surface area (Å²) >= 11 is 0. The minimum Gasteiger partial charge on any atom is -0.634 e. The van der Waals surface area contributed by atoms with Crippen LogP contribution in [0, 0.1) is 23.5 Å². The van der Waals surface area contributed by atoms with Gasteiger partial charge in [-0.05, 0) is 100 Å². The van der Waals surface area contributed by atoms with E-state index in [2.05, 4.69) is 46.4 Å². The molecule has 1 aliphatic carbocycles. The molecule has 1 amide bonds. The van der Waals surface area contributed by atoms with Crippen LogP contribution in [0.1, 0.15) is 55.7 Å². The highest BCUT2D eigenvalue weighted by Crippen LogP contribution is 2.52. The van der Waals surface area contributed by atoms with Gasteiger partial charge in [0.2, 0.25) is 5.91 Å². The largest absolute Gasteiger partial charge is 0.634 e. The number of anilines is 1. The van der Waals surface area contributed by atoms with Crippen molar-refractivity contribution in [1.29, 1.82) is 5.41 Å². The summed E-state index contributed by atoms with van der Waals surface area (Å²) < 4.78 is 0. The van der Waals surface area contributed by atoms with Gasteiger partial charge in [0.05, 0.1) is 17.7 Å². The van der Waals surface area contributed by atoms with Gasteiger partial charge in [0, 0.05) is 18.3 Å². The van der Waals surface area contributed by atoms with Crippen molar-refractivity contribution in [3.63, 3.8) is 0 Å². The van der Waals surface area contributed by atoms with Crippen LogP contribution in [-0.4, -0.2) is 54.2 Å². The number of aryl methyl sites for hydroxylation is 2. The molecule has 0 bridgehead atoms. The maximum Gasteiger partial charge on any atom is 0.237 e. The lowest BCUT2D eigenvalue weighted by Crippen LogP contribution is -3.08. The smallest absolute Gasteiger partial charge is 0.237 e. The predicted molar refractivity (Wildman–Crippen MR) is 156 cm³/mol. The predicted octanol–water partition coefficient (Wildman–Crippen LogP) is 3.99. The lowest BCUT2D eigenvalue weighted by molar-refractivity contribution is -0.837. The Morgan fingerprint density at radius 3 is 2.69 bits per heavy atom. The standard InChI is InChI=1S/C32H41N5O2/c1-3-26-20-32(29-5-4-14-34-30(29)35-31(32)38)21-27(26)19-28(33)22-37(39)18-17-36-15-12-25(13-16-36)11-10-24-8-6-23(2)7-9-24/h3-9,14,19,25,33,37H,10-13,15-18,20-22H2,1-2H3,(H,34,35,38)/b26-3-,27-19-,33-28?. The van der Waals surface area contributed by atoms with E-state index in [1.165, 1.54) is 30.4 Å². The second-order valence-corrected chi connectivity index (χ2v) is 11.6. The first-order valence-electron chi connectivity index (χ1n) is 14.4. The van der Waals surface area contributed by atoms with Crippen LogP contribution in [-0.2, 0) is 16.6 Å². The molecule has 1 saturated heterocycles. The van der Waals surface area contributed by atoms with Gasteiger partial charge in [-0.15, -0.1) is 0 Å². The van der Waals surface area contributed by atoms with Crippen molar-refractivity contribution in [3.05, 3.63) is 87.8 Å². The first-order chi connectivity index (χ1) is 18.9. The number of likely N-dealkylation sites (tertiary alicyclic amines) is 1. The molecule has 2 fully saturated rings. The van der Waals surface area contributed by atoms with Crippen LogP contribution >= 0.6 is 0 Å². The van der Waals surface area contributed by atoms with Gasteiger partial charge in [-0.2, -0.15) is 0 Å². The Kier molecular flexibility index (Phi) is 8.40. The summed E-state index contributed by atoms with van der Waals surface area (Å²) in [5.74, 6) is 1.37. The second-order valence-electron chi connectivity index (χ2n) is 11.6. The van der Waals surface area contributed by atoms with Crippen molar-refractivity contribution >= 4 is 17.4 Å². The molecule has 39 heavy (non-hydrogen) atoms. The van der Waals surface area contributed by atoms with Crippen LogP contribution in [0.25, 0.3) is 0 Å². The van der Waals surface area contributed by atoms with Crippen LogP contribution in [0.3, 0.4) is 0 Å². The van der Waals surface area contributed by atoms with Crippen LogP contribution in [0.2, 0.25) is 0 Å². The third-order valence-corrected chi connectivity index (χ3v) is 8.85. The lowest BCUT2D eigenvalue weighted by atomic mass is 9.80. The lowest BCUT2D eigenvalue weighted by Gasteiger charge is -2.33. The number of nitrogens with one attached hydrogen (secondary N) is 3. The van der Waals surface area contributed by atoms with Crippen molar-refractivity contribution in [2.75, 3.05) is 38.0 Å². The Balaban J connectivity index is 1.07. The van der Waals surface area contributed by atoms with Gasteiger partial charge in [0.1, 0.15) is 12.4 Å². The molecule has 1 aromatic carbocycles. The van der Waals surface area contributed by atoms with Gasteiger partial charge in [-0.3, -0.25) is 15.1 Å². The number of aromatic nitrogens is 1. The Hall–Kier alpha value is -3.13. The quantitative estimate of drug-likeness (QED) is 0.339. The molecule has 1 saturated carbocycles. The van der Waals surface area contributed by atoms with Crippen molar-refractivity contribution in [3.8, 4) is 0 Å². The zero-order valence-corrected chi connectivity index (χ0v) is 23.3. The normalized spacial score (nSPS) is 24.4. The molecule has 7 heteroatoms. The number of benzene rings is 1. The summed E-state index contributed by atoms with van der Waals surface area (Å²) in [5.41, 5.74) is 5.39. The first kappa shape index (κ1) is 27.4. The Morgan fingerprint density at radius 1 is 1.21 bits per heavy atom. The highest BCUT2D eigenvalue weighted by molar-refractivity contribution is 6.07. The maximum absolute atomic E-state index is 13.0. The Bertz CT molecular complexity index is 1260. The average Bonchev–Trinajstić information content (AvgIpc) is 3.44. The van der Waals surface area contributed by atoms with Crippen molar-refractivity contribution in [1.82, 2.24) is 9.88 Å². The summed E-state index contributed by atoms with van der Waals surface area (Å²) in [6.45, 7) is 7.62. The molecule has 0 radical (unpaired) electrons. The van der Waals surface area contributed by atoms with E-state index in [1.807, 2.05) is 31.2 Å². The topological polar surface area (TPSA) is 96.6 Å². The number of hydrogen-bond acceptors (Lipinski definition) is 5. The minimum atomic E-state index is -0.659. The Labute approximate surface area is 232 Å². The highest BCUT2D eigenvalue weighted by atomic mass is 16.5. The number of carbonyl (C=O) groups is 1. The van der Waals surface area contributed by atoms with E-state index >= 15 is 0 Å². The number of pyridine rings is 1. The molecule has 3 heterocycles. The number of rotatable bonds is 9. The zero-order chi connectivity index (χ0) is 27.4. The van der Waals surface area contributed by atoms with Crippen LogP contribution < -0.4 is 10.4 Å². The fourth-order valence-electron chi connectivity index (χ4n) is 6.43. The number of hydroxylamine groups is 2. The van der Waals surface area contributed by atoms with E-state index in [0.29, 0.717) is 30.9 Å². The van der Waals surface area contributed by atoms with Crippen molar-refractivity contribution in [2.45, 2.75) is 57.8 Å². The average molecular weight is 528 g/mol. The molecule has 2 atom stereocenters. The summed E-state index contributed by atoms with van der Waals surface area (Å²) in [7, 11) is 0. The number of carbonyl (C=O) groups excluding carboxylic acids is 1. The second kappa shape index (κ2) is 11.9. The summed E-state index contributed by atoms with van der Waals surface area (Å²) in [4.78, 5) is 19.7. The summed E-state index contributed by atoms with van der Waals surface area (Å²) in [5, 5.41) is 24.3. The molecule has 3 N–H and O–H groups in total. The zero-order valence-electron chi connectivity index (χ0n) is 23.3. The van der Waals surface area contributed by atoms with Gasteiger partial charge in [0.15, 0.2) is 0 Å². The van der Waals surface area contributed by atoms with Crippen molar-refractivity contribution in [2.24, 2.45) is 5.92 Å². The van der Waals surface area contributed by atoms with E-state index in [1.54, 1.807) is 6.20 Å². The van der Waals surface area contributed by atoms with E-state index in [-0.39, 0.29) is 17.5 Å². The van der Waals surface area contributed by atoms with Gasteiger partial charge in [-0.25, -0.2) is 4.98 Å². The van der Waals surface area contributed by atoms with E-state index in [4.69, 9.17) is 5.41 Å². The minimum absolute atomic E-state index is 0.0273. The fourth-order valence-corrected chi connectivity index (χ4v) is 6.43. The van der Waals surface area contributed by atoms with Gasteiger partial charge >= 0.3 is 0 Å². The Morgan fingerprint density at radius 2 is 1.95 bits per heavy atom. The molecule has 2 aliphatic heterocycles. The molecule has 2 unspecified atom stereocenters. The van der Waals surface area contributed by atoms with E-state index < -0.39 is 5.41 Å². The molecule has 1 aromatic heterocycles.